The van der Waals surface area contributed by atoms with Gasteiger partial charge in [0.25, 0.3) is 11.8 Å². The largest absolute Gasteiger partial charge is 0.497 e. The van der Waals surface area contributed by atoms with Crippen LogP contribution in [0.25, 0.3) is 0 Å². The van der Waals surface area contributed by atoms with Gasteiger partial charge in [0.1, 0.15) is 17.2 Å². The van der Waals surface area contributed by atoms with Crippen LogP contribution in [-0.4, -0.2) is 66.9 Å². The molecule has 0 bridgehead atoms. The van der Waals surface area contributed by atoms with Crippen LogP contribution >= 0.6 is 0 Å². The number of aliphatic hydroxyl groups is 1. The fourth-order valence-electron chi connectivity index (χ4n) is 6.20. The summed E-state index contributed by atoms with van der Waals surface area (Å²) < 4.78 is 5.24. The van der Waals surface area contributed by atoms with Gasteiger partial charge in [0.2, 0.25) is 0 Å². The van der Waals surface area contributed by atoms with Crippen molar-refractivity contribution < 1.29 is 19.4 Å². The third-order valence-electron chi connectivity index (χ3n) is 8.80. The number of hydrogen-bond donors (Lipinski definition) is 3. The molecule has 0 unspecified atom stereocenters. The molecule has 39 heavy (non-hydrogen) atoms. The lowest BCUT2D eigenvalue weighted by Crippen LogP contribution is -2.50. The molecule has 2 aliphatic heterocycles. The lowest BCUT2D eigenvalue weighted by atomic mass is 9.84. The van der Waals surface area contributed by atoms with Crippen LogP contribution in [-0.2, 0) is 15.0 Å². The second kappa shape index (κ2) is 9.50. The minimum absolute atomic E-state index is 0.0918. The van der Waals surface area contributed by atoms with Crippen molar-refractivity contribution >= 4 is 28.9 Å². The van der Waals surface area contributed by atoms with E-state index in [4.69, 9.17) is 21.2 Å². The highest BCUT2D eigenvalue weighted by Gasteiger charge is 2.56. The second-order valence-corrected chi connectivity index (χ2v) is 11.5. The Kier molecular flexibility index (Phi) is 6.23. The highest BCUT2D eigenvalue weighted by Crippen LogP contribution is 2.56. The first-order chi connectivity index (χ1) is 18.7. The summed E-state index contributed by atoms with van der Waals surface area (Å²) >= 11 is 0. The van der Waals surface area contributed by atoms with Crippen LogP contribution in [0.5, 0.6) is 5.75 Å². The number of amides is 2. The normalized spacial score (nSPS) is 25.7. The fraction of sp³-hybridized carbons (Fsp3) is 0.433. The van der Waals surface area contributed by atoms with Crippen molar-refractivity contribution in [2.45, 2.75) is 43.6 Å². The highest BCUT2D eigenvalue weighted by atomic mass is 16.5. The van der Waals surface area contributed by atoms with Crippen LogP contribution in [0.1, 0.15) is 37.7 Å². The van der Waals surface area contributed by atoms with Crippen molar-refractivity contribution in [1.82, 2.24) is 4.90 Å². The molecular formula is C30H35N5O4. The Morgan fingerprint density at radius 2 is 1.77 bits per heavy atom. The summed E-state index contributed by atoms with van der Waals surface area (Å²) in [6.45, 7) is 3.05. The number of nitrogens with two attached hydrogens (primary N) is 2. The number of rotatable bonds is 7. The molecule has 2 aromatic carbocycles. The number of aliphatic imine (C=N–C) groups is 1. The van der Waals surface area contributed by atoms with Crippen LogP contribution < -0.4 is 21.1 Å². The Morgan fingerprint density at radius 1 is 1.08 bits per heavy atom. The Bertz CT molecular complexity index is 1360. The highest BCUT2D eigenvalue weighted by molar-refractivity contribution is 6.51. The van der Waals surface area contributed by atoms with Crippen LogP contribution in [0.3, 0.4) is 0 Å². The fourth-order valence-corrected chi connectivity index (χ4v) is 6.20. The maximum absolute atomic E-state index is 14.0. The zero-order valence-electron chi connectivity index (χ0n) is 22.2. The van der Waals surface area contributed by atoms with Gasteiger partial charge in [-0.3, -0.25) is 14.5 Å². The van der Waals surface area contributed by atoms with E-state index in [1.807, 2.05) is 12.1 Å². The van der Waals surface area contributed by atoms with Crippen LogP contribution in [0.2, 0.25) is 0 Å². The molecule has 2 amide bonds. The minimum atomic E-state index is -0.746. The molecule has 204 valence electrons. The van der Waals surface area contributed by atoms with E-state index in [0.29, 0.717) is 23.6 Å². The average Bonchev–Trinajstić information content (AvgIpc) is 3.85. The zero-order valence-corrected chi connectivity index (χ0v) is 22.2. The number of carbonyl (C=O) groups excluding carboxylic acids is 2. The van der Waals surface area contributed by atoms with E-state index in [0.717, 1.165) is 57.4 Å². The molecule has 6 rings (SSSR count). The van der Waals surface area contributed by atoms with E-state index in [1.54, 1.807) is 36.3 Å². The summed E-state index contributed by atoms with van der Waals surface area (Å²) in [5, 5.41) is 9.93. The number of hydrogen-bond acceptors (Lipinski definition) is 7. The molecule has 2 saturated carbocycles. The van der Waals surface area contributed by atoms with Gasteiger partial charge in [-0.1, -0.05) is 12.1 Å². The standard InChI is InChI=1S/C30H35N5O4/c1-39-23-8-4-20(5-9-23)33-26-24(25(31)27(32)37)30(13-14-30)18-35(28(26)38)21-6-2-19(3-7-21)29(11-12-29)17-34-15-10-22(36)16-34/h2-9,22,36H,10-18,31H2,1H3,(H2,32,37)/t22-/m1/s1. The number of anilines is 1. The Labute approximate surface area is 228 Å². The number of carbonyl (C=O) groups is 2. The van der Waals surface area contributed by atoms with E-state index in [1.165, 1.54) is 5.56 Å². The predicted molar refractivity (Wildman–Crippen MR) is 149 cm³/mol. The van der Waals surface area contributed by atoms with Gasteiger partial charge in [0, 0.05) is 48.3 Å². The van der Waals surface area contributed by atoms with Crippen molar-refractivity contribution in [2.75, 3.05) is 38.2 Å². The first kappa shape index (κ1) is 25.6. The van der Waals surface area contributed by atoms with Crippen molar-refractivity contribution in [2.24, 2.45) is 21.9 Å². The summed E-state index contributed by atoms with van der Waals surface area (Å²) in [5.74, 6) is -0.372. The molecule has 1 spiro atoms. The molecule has 2 aliphatic carbocycles. The van der Waals surface area contributed by atoms with E-state index in [2.05, 4.69) is 17.0 Å². The first-order valence-electron chi connectivity index (χ1n) is 13.6. The van der Waals surface area contributed by atoms with Crippen LogP contribution in [0, 0.1) is 5.41 Å². The number of likely N-dealkylation sites (tertiary alicyclic amines) is 1. The summed E-state index contributed by atoms with van der Waals surface area (Å²) in [5.41, 5.74) is 14.6. The van der Waals surface area contributed by atoms with Gasteiger partial charge < -0.3 is 26.2 Å². The lowest BCUT2D eigenvalue weighted by molar-refractivity contribution is -0.114. The minimum Gasteiger partial charge on any atom is -0.497 e. The molecule has 0 aromatic heterocycles. The van der Waals surface area contributed by atoms with E-state index in [9.17, 15) is 14.7 Å². The number of piperidine rings is 1. The molecule has 4 aliphatic rings. The smallest absolute Gasteiger partial charge is 0.277 e. The summed E-state index contributed by atoms with van der Waals surface area (Å²) in [6, 6.07) is 15.4. The van der Waals surface area contributed by atoms with E-state index < -0.39 is 11.3 Å². The lowest BCUT2D eigenvalue weighted by Gasteiger charge is -2.36. The number of methoxy groups -OCH3 is 1. The zero-order chi connectivity index (χ0) is 27.4. The second-order valence-electron chi connectivity index (χ2n) is 11.5. The van der Waals surface area contributed by atoms with Gasteiger partial charge in [-0.15, -0.1) is 0 Å². The molecule has 9 nitrogen and oxygen atoms in total. The molecule has 9 heteroatoms. The van der Waals surface area contributed by atoms with Crippen LogP contribution in [0.15, 0.2) is 64.8 Å². The van der Waals surface area contributed by atoms with Crippen LogP contribution in [0.4, 0.5) is 11.4 Å². The molecule has 5 N–H and O–H groups in total. The molecule has 4 fully saturated rings. The van der Waals surface area contributed by atoms with E-state index >= 15 is 0 Å². The molecule has 2 saturated heterocycles. The molecule has 0 radical (unpaired) electrons. The molecule has 2 heterocycles. The van der Waals surface area contributed by atoms with Crippen molar-refractivity contribution in [1.29, 1.82) is 0 Å². The third-order valence-corrected chi connectivity index (χ3v) is 8.80. The maximum atomic E-state index is 14.0. The monoisotopic (exact) mass is 529 g/mol. The third kappa shape index (κ3) is 4.70. The SMILES string of the molecule is COc1ccc(N=C2C(=O)N(c3ccc(C4(CN5CC[C@@H](O)C5)CC4)cc3)CC3(CC3)C2=C(N)C(N)=O)cc1. The summed E-state index contributed by atoms with van der Waals surface area (Å²) in [6.07, 6.45) is 4.47. The van der Waals surface area contributed by atoms with Gasteiger partial charge in [-0.2, -0.15) is 0 Å². The van der Waals surface area contributed by atoms with E-state index in [-0.39, 0.29) is 28.8 Å². The number of benzene rings is 2. The van der Waals surface area contributed by atoms with Gasteiger partial charge in [-0.25, -0.2) is 4.99 Å². The number of ether oxygens (including phenoxy) is 1. The Morgan fingerprint density at radius 3 is 2.31 bits per heavy atom. The molecular weight excluding hydrogens is 494 g/mol. The van der Waals surface area contributed by atoms with Gasteiger partial charge in [0.05, 0.1) is 18.9 Å². The average molecular weight is 530 g/mol. The van der Waals surface area contributed by atoms with Crippen molar-refractivity contribution in [3.8, 4) is 5.75 Å². The van der Waals surface area contributed by atoms with Crippen molar-refractivity contribution in [3.63, 3.8) is 0 Å². The quantitative estimate of drug-likeness (QED) is 0.472. The summed E-state index contributed by atoms with van der Waals surface area (Å²) in [4.78, 5) is 34.9. The maximum Gasteiger partial charge on any atom is 0.277 e. The van der Waals surface area contributed by atoms with Crippen molar-refractivity contribution in [3.05, 3.63) is 65.4 Å². The molecule has 2 aromatic rings. The van der Waals surface area contributed by atoms with Gasteiger partial charge in [0.15, 0.2) is 0 Å². The predicted octanol–water partition coefficient (Wildman–Crippen LogP) is 2.39. The number of β-amino-alcohol motifs (C(OH)–C–C–N with tert-alkyl or cyclic N) is 1. The first-order valence-corrected chi connectivity index (χ1v) is 13.6. The van der Waals surface area contributed by atoms with Gasteiger partial charge in [-0.05, 0) is 74.1 Å². The number of primary amides is 1. The number of nitrogens with zero attached hydrogens (tertiary/aromatic N) is 3. The Hall–Kier alpha value is -3.69. The molecule has 1 atom stereocenters. The topological polar surface area (TPSA) is 134 Å². The number of aliphatic hydroxyl groups excluding tert-OH is 1. The Balaban J connectivity index is 1.32. The van der Waals surface area contributed by atoms with Gasteiger partial charge >= 0.3 is 0 Å². The summed E-state index contributed by atoms with van der Waals surface area (Å²) in [7, 11) is 1.59.